The second-order valence-electron chi connectivity index (χ2n) is 4.11. The van der Waals surface area contributed by atoms with E-state index in [1.165, 1.54) is 24.3 Å². The molecule has 2 aromatic rings. The van der Waals surface area contributed by atoms with Gasteiger partial charge in [0.05, 0.1) is 5.56 Å². The fourth-order valence-corrected chi connectivity index (χ4v) is 2.01. The molecule has 0 heterocycles. The molecule has 2 nitrogen and oxygen atoms in total. The average Bonchev–Trinajstić information content (AvgIpc) is 2.46. The number of nitrogens with zero attached hydrogens (tertiary/aromatic N) is 1. The van der Waals surface area contributed by atoms with Crippen molar-refractivity contribution in [2.24, 2.45) is 0 Å². The summed E-state index contributed by atoms with van der Waals surface area (Å²) in [6.07, 6.45) is 0. The summed E-state index contributed by atoms with van der Waals surface area (Å²) >= 11 is 3.21. The summed E-state index contributed by atoms with van der Waals surface area (Å²) in [5.41, 5.74) is 0.0962. The first-order valence-electron chi connectivity index (χ1n) is 5.79. The Morgan fingerprint density at radius 2 is 1.85 bits per heavy atom. The van der Waals surface area contributed by atoms with Crippen LogP contribution in [-0.4, -0.2) is 6.61 Å². The van der Waals surface area contributed by atoms with Crippen LogP contribution in [0.1, 0.15) is 11.1 Å². The molecule has 0 aliphatic heterocycles. The lowest BCUT2D eigenvalue weighted by Crippen LogP contribution is -2.23. The topological polar surface area (TPSA) is 33.0 Å². The van der Waals surface area contributed by atoms with Crippen molar-refractivity contribution in [1.82, 2.24) is 0 Å². The molecule has 0 unspecified atom stereocenters. The molecule has 20 heavy (non-hydrogen) atoms. The monoisotopic (exact) mass is 337 g/mol. The van der Waals surface area contributed by atoms with Gasteiger partial charge in [-0.1, -0.05) is 46.3 Å². The number of benzene rings is 2. The lowest BCUT2D eigenvalue weighted by atomic mass is 10.1. The summed E-state index contributed by atoms with van der Waals surface area (Å²) in [7, 11) is 0. The first kappa shape index (κ1) is 14.5. The summed E-state index contributed by atoms with van der Waals surface area (Å²) in [5.74, 6) is -2.97. The fourth-order valence-electron chi connectivity index (χ4n) is 1.65. The first-order valence-corrected chi connectivity index (χ1v) is 6.58. The van der Waals surface area contributed by atoms with Crippen molar-refractivity contribution >= 4 is 15.9 Å². The van der Waals surface area contributed by atoms with E-state index in [1.54, 1.807) is 24.3 Å². The summed E-state index contributed by atoms with van der Waals surface area (Å²) < 4.78 is 33.7. The Hall–Kier alpha value is -1.93. The van der Waals surface area contributed by atoms with E-state index in [4.69, 9.17) is 10.00 Å². The molecule has 102 valence electrons. The highest BCUT2D eigenvalue weighted by Crippen LogP contribution is 2.30. The highest BCUT2D eigenvalue weighted by atomic mass is 79.9. The van der Waals surface area contributed by atoms with Crippen molar-refractivity contribution < 1.29 is 13.5 Å². The maximum absolute atomic E-state index is 13.9. The molecule has 0 saturated heterocycles. The van der Waals surface area contributed by atoms with E-state index in [0.717, 1.165) is 0 Å². The van der Waals surface area contributed by atoms with Gasteiger partial charge >= 0.3 is 5.92 Å². The van der Waals surface area contributed by atoms with Crippen molar-refractivity contribution in [2.75, 3.05) is 6.61 Å². The molecule has 0 bridgehead atoms. The van der Waals surface area contributed by atoms with E-state index >= 15 is 0 Å². The molecular weight excluding hydrogens is 328 g/mol. The Kier molecular flexibility index (Phi) is 4.35. The molecule has 0 amide bonds. The van der Waals surface area contributed by atoms with E-state index in [0.29, 0.717) is 4.47 Å². The second-order valence-corrected chi connectivity index (χ2v) is 5.03. The smallest absolute Gasteiger partial charge is 0.306 e. The van der Waals surface area contributed by atoms with E-state index in [-0.39, 0.29) is 16.9 Å². The van der Waals surface area contributed by atoms with Gasteiger partial charge in [-0.3, -0.25) is 0 Å². The molecule has 5 heteroatoms. The van der Waals surface area contributed by atoms with Crippen molar-refractivity contribution in [3.8, 4) is 11.8 Å². The van der Waals surface area contributed by atoms with Crippen LogP contribution in [0.15, 0.2) is 53.0 Å². The van der Waals surface area contributed by atoms with Gasteiger partial charge in [-0.25, -0.2) is 0 Å². The normalized spacial score (nSPS) is 10.9. The molecule has 0 fully saturated rings. The fraction of sp³-hybridized carbons (Fsp3) is 0.133. The van der Waals surface area contributed by atoms with Crippen LogP contribution in [0.4, 0.5) is 8.78 Å². The average molecular weight is 338 g/mol. The van der Waals surface area contributed by atoms with E-state index in [1.807, 2.05) is 6.07 Å². The Labute approximate surface area is 123 Å². The molecule has 0 atom stereocenters. The van der Waals surface area contributed by atoms with Gasteiger partial charge in [-0.05, 0) is 18.2 Å². The van der Waals surface area contributed by atoms with Gasteiger partial charge in [0.1, 0.15) is 11.8 Å². The number of nitriles is 1. The van der Waals surface area contributed by atoms with Gasteiger partial charge in [0.2, 0.25) is 0 Å². The predicted molar refractivity (Wildman–Crippen MR) is 74.7 cm³/mol. The molecule has 0 N–H and O–H groups in total. The third-order valence-electron chi connectivity index (χ3n) is 2.67. The summed E-state index contributed by atoms with van der Waals surface area (Å²) in [4.78, 5) is 0. The van der Waals surface area contributed by atoms with Gasteiger partial charge in [-0.15, -0.1) is 0 Å². The van der Waals surface area contributed by atoms with Gasteiger partial charge in [0.15, 0.2) is 6.61 Å². The van der Waals surface area contributed by atoms with Crippen LogP contribution in [0, 0.1) is 11.3 Å². The standard InChI is InChI=1S/C15H10BrF2NO/c16-13-6-7-14(11(8-13)9-19)20-10-15(17,18)12-4-2-1-3-5-12/h1-8H,10H2. The molecule has 0 radical (unpaired) electrons. The lowest BCUT2D eigenvalue weighted by Gasteiger charge is -2.18. The molecule has 0 aliphatic carbocycles. The zero-order chi connectivity index (χ0) is 14.6. The summed E-state index contributed by atoms with van der Waals surface area (Å²) in [6.45, 7) is -0.812. The SMILES string of the molecule is N#Cc1cc(Br)ccc1OCC(F)(F)c1ccccc1. The first-order chi connectivity index (χ1) is 9.53. The van der Waals surface area contributed by atoms with Crippen LogP contribution >= 0.6 is 15.9 Å². The molecule has 2 aromatic carbocycles. The Morgan fingerprint density at radius 1 is 1.15 bits per heavy atom. The van der Waals surface area contributed by atoms with Crippen molar-refractivity contribution in [3.05, 3.63) is 64.1 Å². The number of rotatable bonds is 4. The molecule has 2 rings (SSSR count). The zero-order valence-electron chi connectivity index (χ0n) is 10.3. The van der Waals surface area contributed by atoms with Crippen LogP contribution in [0.25, 0.3) is 0 Å². The quantitative estimate of drug-likeness (QED) is 0.823. The summed E-state index contributed by atoms with van der Waals surface area (Å²) in [6, 6.07) is 14.0. The van der Waals surface area contributed by atoms with E-state index in [2.05, 4.69) is 15.9 Å². The Balaban J connectivity index is 2.15. The second kappa shape index (κ2) is 6.02. The van der Waals surface area contributed by atoms with Crippen LogP contribution in [0.3, 0.4) is 0 Å². The predicted octanol–water partition coefficient (Wildman–Crippen LogP) is 4.49. The molecule has 0 spiro atoms. The van der Waals surface area contributed by atoms with Crippen molar-refractivity contribution in [1.29, 1.82) is 5.26 Å². The highest BCUT2D eigenvalue weighted by molar-refractivity contribution is 9.10. The third-order valence-corrected chi connectivity index (χ3v) is 3.16. The summed E-state index contributed by atoms with van der Waals surface area (Å²) in [5, 5.41) is 8.95. The number of halogens is 3. The molecule has 0 aromatic heterocycles. The minimum absolute atomic E-state index is 0.115. The van der Waals surface area contributed by atoms with Crippen LogP contribution in [0.2, 0.25) is 0 Å². The largest absolute Gasteiger partial charge is 0.486 e. The van der Waals surface area contributed by atoms with Crippen molar-refractivity contribution in [2.45, 2.75) is 5.92 Å². The van der Waals surface area contributed by atoms with Gasteiger partial charge < -0.3 is 4.74 Å². The van der Waals surface area contributed by atoms with Crippen LogP contribution in [0.5, 0.6) is 5.75 Å². The van der Waals surface area contributed by atoms with Crippen molar-refractivity contribution in [3.63, 3.8) is 0 Å². The zero-order valence-corrected chi connectivity index (χ0v) is 11.9. The Bertz CT molecular complexity index is 638. The highest BCUT2D eigenvalue weighted by Gasteiger charge is 2.32. The number of hydrogen-bond acceptors (Lipinski definition) is 2. The minimum atomic E-state index is -3.11. The van der Waals surface area contributed by atoms with E-state index in [9.17, 15) is 8.78 Å². The van der Waals surface area contributed by atoms with E-state index < -0.39 is 12.5 Å². The number of ether oxygens (including phenoxy) is 1. The maximum Gasteiger partial charge on any atom is 0.306 e. The van der Waals surface area contributed by atoms with Gasteiger partial charge in [0, 0.05) is 10.0 Å². The lowest BCUT2D eigenvalue weighted by molar-refractivity contribution is -0.0467. The maximum atomic E-state index is 13.9. The Morgan fingerprint density at radius 3 is 2.50 bits per heavy atom. The minimum Gasteiger partial charge on any atom is -0.486 e. The van der Waals surface area contributed by atoms with Gasteiger partial charge in [-0.2, -0.15) is 14.0 Å². The van der Waals surface area contributed by atoms with Crippen LogP contribution in [-0.2, 0) is 5.92 Å². The van der Waals surface area contributed by atoms with Crippen LogP contribution < -0.4 is 4.74 Å². The molecule has 0 saturated carbocycles. The third kappa shape index (κ3) is 3.34. The van der Waals surface area contributed by atoms with Gasteiger partial charge in [0.25, 0.3) is 0 Å². The molecule has 0 aliphatic rings. The number of hydrogen-bond donors (Lipinski definition) is 0. The molecular formula is C15H10BrF2NO. The number of alkyl halides is 2.